The molecular weight excluding hydrogens is 262 g/mol. The molecule has 20 heavy (non-hydrogen) atoms. The molecule has 0 atom stereocenters. The number of nitrogens with zero attached hydrogens (tertiary/aromatic N) is 1. The molecule has 1 aromatic rings. The Labute approximate surface area is 117 Å². The summed E-state index contributed by atoms with van der Waals surface area (Å²) < 4.78 is 14.6. The second-order valence-electron chi connectivity index (χ2n) is 3.99. The van der Waals surface area contributed by atoms with Crippen LogP contribution in [0.15, 0.2) is 28.9 Å². The summed E-state index contributed by atoms with van der Waals surface area (Å²) in [6.45, 7) is 1.10. The maximum absolute atomic E-state index is 12.0. The number of carbonyl (C=O) groups excluding carboxylic acids is 2. The summed E-state index contributed by atoms with van der Waals surface area (Å²) in [7, 11) is 2.88. The van der Waals surface area contributed by atoms with Crippen LogP contribution in [-0.2, 0) is 19.1 Å². The lowest BCUT2D eigenvalue weighted by molar-refractivity contribution is -0.141. The molecule has 0 radical (unpaired) electrons. The Morgan fingerprint density at radius 2 is 2.15 bits per heavy atom. The average molecular weight is 281 g/mol. The van der Waals surface area contributed by atoms with E-state index in [4.69, 9.17) is 9.15 Å². The van der Waals surface area contributed by atoms with Crippen LogP contribution in [0.5, 0.6) is 0 Å². The van der Waals surface area contributed by atoms with Gasteiger partial charge in [-0.15, -0.1) is 0 Å². The molecule has 0 spiro atoms. The van der Waals surface area contributed by atoms with Gasteiger partial charge in [-0.2, -0.15) is 0 Å². The van der Waals surface area contributed by atoms with E-state index in [1.54, 1.807) is 25.3 Å². The Bertz CT molecular complexity index is 438. The lowest BCUT2D eigenvalue weighted by atomic mass is 10.3. The first kappa shape index (κ1) is 16.0. The quantitative estimate of drug-likeness (QED) is 0.531. The number of methoxy groups -OCH3 is 2. The normalized spacial score (nSPS) is 10.7. The van der Waals surface area contributed by atoms with Crippen molar-refractivity contribution in [2.45, 2.75) is 6.42 Å². The molecule has 1 heterocycles. The van der Waals surface area contributed by atoms with Crippen LogP contribution in [0, 0.1) is 0 Å². The van der Waals surface area contributed by atoms with Gasteiger partial charge in [0.2, 0.25) is 5.91 Å². The zero-order valence-electron chi connectivity index (χ0n) is 11.7. The van der Waals surface area contributed by atoms with Crippen molar-refractivity contribution in [3.05, 3.63) is 30.2 Å². The van der Waals surface area contributed by atoms with Gasteiger partial charge in [0.1, 0.15) is 5.76 Å². The molecule has 0 saturated carbocycles. The van der Waals surface area contributed by atoms with Crippen LogP contribution < -0.4 is 0 Å². The molecule has 110 valence electrons. The number of hydrogen-bond acceptors (Lipinski definition) is 5. The van der Waals surface area contributed by atoms with E-state index >= 15 is 0 Å². The van der Waals surface area contributed by atoms with E-state index in [1.807, 2.05) is 0 Å². The molecular formula is C14H19NO5. The lowest BCUT2D eigenvalue weighted by Gasteiger charge is -2.20. The second-order valence-corrected chi connectivity index (χ2v) is 3.99. The Balaban J connectivity index is 2.56. The van der Waals surface area contributed by atoms with Crippen molar-refractivity contribution >= 4 is 18.0 Å². The molecule has 0 aromatic carbocycles. The number of esters is 1. The third kappa shape index (κ3) is 5.71. The number of furan rings is 1. The minimum Gasteiger partial charge on any atom is -0.469 e. The summed E-state index contributed by atoms with van der Waals surface area (Å²) >= 11 is 0. The number of rotatable bonds is 8. The van der Waals surface area contributed by atoms with Crippen molar-refractivity contribution in [3.8, 4) is 0 Å². The third-order valence-electron chi connectivity index (χ3n) is 2.62. The molecule has 1 amide bonds. The van der Waals surface area contributed by atoms with Crippen LogP contribution in [-0.4, -0.2) is 50.7 Å². The topological polar surface area (TPSA) is 69.0 Å². The van der Waals surface area contributed by atoms with Gasteiger partial charge >= 0.3 is 5.97 Å². The highest BCUT2D eigenvalue weighted by Crippen LogP contribution is 2.04. The third-order valence-corrected chi connectivity index (χ3v) is 2.62. The van der Waals surface area contributed by atoms with Gasteiger partial charge in [-0.25, -0.2) is 0 Å². The first-order chi connectivity index (χ1) is 9.67. The van der Waals surface area contributed by atoms with Crippen molar-refractivity contribution in [3.63, 3.8) is 0 Å². The Hall–Kier alpha value is -2.08. The fourth-order valence-electron chi connectivity index (χ4n) is 1.51. The van der Waals surface area contributed by atoms with Crippen molar-refractivity contribution in [1.29, 1.82) is 0 Å². The first-order valence-corrected chi connectivity index (χ1v) is 6.23. The Kier molecular flexibility index (Phi) is 7.13. The van der Waals surface area contributed by atoms with E-state index in [-0.39, 0.29) is 24.8 Å². The minimum atomic E-state index is -0.352. The van der Waals surface area contributed by atoms with Gasteiger partial charge in [-0.1, -0.05) is 0 Å². The predicted octanol–water partition coefficient (Wildman–Crippen LogP) is 1.33. The summed E-state index contributed by atoms with van der Waals surface area (Å²) in [6.07, 6.45) is 4.68. The largest absolute Gasteiger partial charge is 0.469 e. The average Bonchev–Trinajstić information content (AvgIpc) is 2.97. The van der Waals surface area contributed by atoms with E-state index < -0.39 is 0 Å². The smallest absolute Gasteiger partial charge is 0.307 e. The van der Waals surface area contributed by atoms with Gasteiger partial charge in [0.15, 0.2) is 0 Å². The summed E-state index contributed by atoms with van der Waals surface area (Å²) in [5.74, 6) is 0.0376. The summed E-state index contributed by atoms with van der Waals surface area (Å²) in [4.78, 5) is 24.7. The summed E-state index contributed by atoms with van der Waals surface area (Å²) in [5, 5.41) is 0. The zero-order chi connectivity index (χ0) is 14.8. The zero-order valence-corrected chi connectivity index (χ0v) is 11.7. The SMILES string of the molecule is COCCN(CCC(=O)OC)C(=O)/C=C/c1ccco1. The van der Waals surface area contributed by atoms with E-state index in [1.165, 1.54) is 24.3 Å². The molecule has 1 aromatic heterocycles. The van der Waals surface area contributed by atoms with Gasteiger partial charge in [-0.05, 0) is 18.2 Å². The maximum atomic E-state index is 12.0. The maximum Gasteiger partial charge on any atom is 0.307 e. The highest BCUT2D eigenvalue weighted by molar-refractivity contribution is 5.91. The highest BCUT2D eigenvalue weighted by atomic mass is 16.5. The fraction of sp³-hybridized carbons (Fsp3) is 0.429. The van der Waals surface area contributed by atoms with Crippen LogP contribution >= 0.6 is 0 Å². The van der Waals surface area contributed by atoms with Crippen LogP contribution in [0.2, 0.25) is 0 Å². The monoisotopic (exact) mass is 281 g/mol. The predicted molar refractivity (Wildman–Crippen MR) is 72.8 cm³/mol. The van der Waals surface area contributed by atoms with Crippen molar-refractivity contribution in [2.75, 3.05) is 33.9 Å². The summed E-state index contributed by atoms with van der Waals surface area (Å²) in [6, 6.07) is 3.49. The fourth-order valence-corrected chi connectivity index (χ4v) is 1.51. The van der Waals surface area contributed by atoms with Crippen molar-refractivity contribution in [2.24, 2.45) is 0 Å². The van der Waals surface area contributed by atoms with Crippen molar-refractivity contribution in [1.82, 2.24) is 4.90 Å². The molecule has 1 rings (SSSR count). The number of ether oxygens (including phenoxy) is 2. The molecule has 0 aliphatic carbocycles. The molecule has 0 aliphatic heterocycles. The van der Waals surface area contributed by atoms with Crippen LogP contribution in [0.3, 0.4) is 0 Å². The first-order valence-electron chi connectivity index (χ1n) is 6.23. The molecule has 0 N–H and O–H groups in total. The summed E-state index contributed by atoms with van der Waals surface area (Å²) in [5.41, 5.74) is 0. The number of carbonyl (C=O) groups is 2. The van der Waals surface area contributed by atoms with E-state index in [9.17, 15) is 9.59 Å². The van der Waals surface area contributed by atoms with E-state index in [0.717, 1.165) is 0 Å². The molecule has 6 nitrogen and oxygen atoms in total. The van der Waals surface area contributed by atoms with Crippen LogP contribution in [0.4, 0.5) is 0 Å². The second kappa shape index (κ2) is 8.92. The van der Waals surface area contributed by atoms with Gasteiger partial charge in [-0.3, -0.25) is 9.59 Å². The van der Waals surface area contributed by atoms with Crippen LogP contribution in [0.1, 0.15) is 12.2 Å². The van der Waals surface area contributed by atoms with Crippen LogP contribution in [0.25, 0.3) is 6.08 Å². The molecule has 0 saturated heterocycles. The Morgan fingerprint density at radius 3 is 2.75 bits per heavy atom. The van der Waals surface area contributed by atoms with E-state index in [2.05, 4.69) is 4.74 Å². The molecule has 0 aliphatic rings. The van der Waals surface area contributed by atoms with Gasteiger partial charge in [0.25, 0.3) is 0 Å². The standard InChI is InChI=1S/C14H19NO5/c1-18-11-9-15(8-7-14(17)19-2)13(16)6-5-12-4-3-10-20-12/h3-6,10H,7-9,11H2,1-2H3/b6-5+. The highest BCUT2D eigenvalue weighted by Gasteiger charge is 2.12. The van der Waals surface area contributed by atoms with Gasteiger partial charge < -0.3 is 18.8 Å². The molecule has 0 fully saturated rings. The van der Waals surface area contributed by atoms with Crippen molar-refractivity contribution < 1.29 is 23.5 Å². The lowest BCUT2D eigenvalue weighted by Crippen LogP contribution is -2.34. The van der Waals surface area contributed by atoms with Gasteiger partial charge in [0, 0.05) is 26.3 Å². The van der Waals surface area contributed by atoms with Gasteiger partial charge in [0.05, 0.1) is 26.4 Å². The minimum absolute atomic E-state index is 0.153. The molecule has 0 bridgehead atoms. The molecule has 0 unspecified atom stereocenters. The number of hydrogen-bond donors (Lipinski definition) is 0. The molecule has 6 heteroatoms. The Morgan fingerprint density at radius 1 is 1.35 bits per heavy atom. The number of amides is 1. The van der Waals surface area contributed by atoms with E-state index in [0.29, 0.717) is 18.9 Å².